The highest BCUT2D eigenvalue weighted by molar-refractivity contribution is 6.30. The number of benzene rings is 2. The minimum absolute atomic E-state index is 0.0800. The maximum atomic E-state index is 12.0. The van der Waals surface area contributed by atoms with E-state index >= 15 is 0 Å². The molecule has 0 saturated heterocycles. The van der Waals surface area contributed by atoms with E-state index in [-0.39, 0.29) is 11.5 Å². The average molecular weight is 399 g/mol. The molecule has 1 amide bonds. The molecular formula is C20H15ClN2O5. The summed E-state index contributed by atoms with van der Waals surface area (Å²) in [5, 5.41) is 4.37. The Morgan fingerprint density at radius 1 is 1.11 bits per heavy atom. The molecule has 0 aliphatic carbocycles. The van der Waals surface area contributed by atoms with Crippen molar-refractivity contribution in [2.24, 2.45) is 5.10 Å². The number of halogens is 1. The van der Waals surface area contributed by atoms with Crippen molar-refractivity contribution in [2.45, 2.75) is 0 Å². The Labute approximate surface area is 165 Å². The quantitative estimate of drug-likeness (QED) is 0.294. The molecule has 7 nitrogen and oxygen atoms in total. The monoisotopic (exact) mass is 398 g/mol. The molecule has 28 heavy (non-hydrogen) atoms. The molecule has 3 rings (SSSR count). The molecule has 1 N–H and O–H groups in total. The zero-order chi connectivity index (χ0) is 19.9. The Bertz CT molecular complexity index is 1020. The van der Waals surface area contributed by atoms with Gasteiger partial charge >= 0.3 is 5.97 Å². The summed E-state index contributed by atoms with van der Waals surface area (Å²) in [6.45, 7) is 0. The summed E-state index contributed by atoms with van der Waals surface area (Å²) in [4.78, 5) is 24.0. The van der Waals surface area contributed by atoms with Crippen molar-refractivity contribution in [3.05, 3.63) is 82.8 Å². The molecule has 0 aliphatic heterocycles. The third-order valence-corrected chi connectivity index (χ3v) is 3.81. The molecule has 0 fully saturated rings. The number of esters is 1. The summed E-state index contributed by atoms with van der Waals surface area (Å²) in [5.74, 6) is -0.404. The Hall–Kier alpha value is -3.58. The van der Waals surface area contributed by atoms with Gasteiger partial charge in [0.2, 0.25) is 5.76 Å². The highest BCUT2D eigenvalue weighted by atomic mass is 35.5. The largest absolute Gasteiger partial charge is 0.493 e. The molecule has 0 radical (unpaired) electrons. The number of carbonyl (C=O) groups excluding carboxylic acids is 2. The van der Waals surface area contributed by atoms with Crippen LogP contribution < -0.4 is 14.9 Å². The lowest BCUT2D eigenvalue weighted by Gasteiger charge is -2.09. The Kier molecular flexibility index (Phi) is 6.08. The van der Waals surface area contributed by atoms with Crippen molar-refractivity contribution in [3.63, 3.8) is 0 Å². The summed E-state index contributed by atoms with van der Waals surface area (Å²) < 4.78 is 15.5. The maximum absolute atomic E-state index is 12.0. The lowest BCUT2D eigenvalue weighted by Crippen LogP contribution is -2.17. The number of nitrogens with zero attached hydrogens (tertiary/aromatic N) is 1. The van der Waals surface area contributed by atoms with Gasteiger partial charge in [0, 0.05) is 10.6 Å². The fraction of sp³-hybridized carbons (Fsp3) is 0.0500. The predicted octanol–water partition coefficient (Wildman–Crippen LogP) is 3.92. The van der Waals surface area contributed by atoms with Crippen LogP contribution in [-0.4, -0.2) is 25.2 Å². The number of methoxy groups -OCH3 is 1. The zero-order valence-corrected chi connectivity index (χ0v) is 15.5. The number of amides is 1. The van der Waals surface area contributed by atoms with Crippen molar-refractivity contribution >= 4 is 29.7 Å². The molecule has 0 spiro atoms. The van der Waals surface area contributed by atoms with Gasteiger partial charge in [0.05, 0.1) is 19.6 Å². The standard InChI is InChI=1S/C20H15ClN2O5/c1-26-18-10-13(7-8-16(18)28-20(25)17-6-3-9-27-17)12-22-23-19(24)14-4-2-5-15(21)11-14/h2-12H,1H3,(H,23,24). The first kappa shape index (κ1) is 19.2. The van der Waals surface area contributed by atoms with Gasteiger partial charge in [-0.25, -0.2) is 10.2 Å². The zero-order valence-electron chi connectivity index (χ0n) is 14.7. The van der Waals surface area contributed by atoms with Crippen molar-refractivity contribution in [1.29, 1.82) is 0 Å². The second-order valence-electron chi connectivity index (χ2n) is 5.49. The smallest absolute Gasteiger partial charge is 0.379 e. The third-order valence-electron chi connectivity index (χ3n) is 3.58. The fourth-order valence-electron chi connectivity index (χ4n) is 2.25. The van der Waals surface area contributed by atoms with Crippen LogP contribution in [0.2, 0.25) is 5.02 Å². The van der Waals surface area contributed by atoms with E-state index in [4.69, 9.17) is 25.5 Å². The highest BCUT2D eigenvalue weighted by Gasteiger charge is 2.14. The number of hydrogen-bond donors (Lipinski definition) is 1. The average Bonchev–Trinajstić information content (AvgIpc) is 3.24. The normalized spacial score (nSPS) is 10.6. The van der Waals surface area contributed by atoms with Crippen molar-refractivity contribution < 1.29 is 23.5 Å². The summed E-state index contributed by atoms with van der Waals surface area (Å²) in [6.07, 6.45) is 2.81. The van der Waals surface area contributed by atoms with E-state index in [0.717, 1.165) is 0 Å². The molecule has 2 aromatic carbocycles. The number of rotatable bonds is 6. The molecule has 0 unspecified atom stereocenters. The van der Waals surface area contributed by atoms with Gasteiger partial charge in [0.15, 0.2) is 11.5 Å². The van der Waals surface area contributed by atoms with E-state index in [1.807, 2.05) is 0 Å². The van der Waals surface area contributed by atoms with Crippen LogP contribution in [0.3, 0.4) is 0 Å². The lowest BCUT2D eigenvalue weighted by atomic mass is 10.2. The molecule has 142 valence electrons. The van der Waals surface area contributed by atoms with Crippen molar-refractivity contribution in [3.8, 4) is 11.5 Å². The van der Waals surface area contributed by atoms with Crippen LogP contribution in [0.4, 0.5) is 0 Å². The van der Waals surface area contributed by atoms with Gasteiger partial charge in [0.25, 0.3) is 5.91 Å². The second-order valence-corrected chi connectivity index (χ2v) is 5.92. The van der Waals surface area contributed by atoms with Crippen molar-refractivity contribution in [1.82, 2.24) is 5.43 Å². The van der Waals surface area contributed by atoms with Gasteiger partial charge in [-0.3, -0.25) is 4.79 Å². The van der Waals surface area contributed by atoms with Crippen molar-refractivity contribution in [2.75, 3.05) is 7.11 Å². The van der Waals surface area contributed by atoms with Crippen LogP contribution in [0, 0.1) is 0 Å². The van der Waals surface area contributed by atoms with E-state index in [0.29, 0.717) is 21.9 Å². The van der Waals surface area contributed by atoms with E-state index < -0.39 is 11.9 Å². The van der Waals surface area contributed by atoms with Crippen LogP contribution in [0.5, 0.6) is 11.5 Å². The molecule has 0 saturated carbocycles. The molecule has 0 bridgehead atoms. The van der Waals surface area contributed by atoms with Crippen LogP contribution in [0.25, 0.3) is 0 Å². The molecule has 0 aliphatic rings. The van der Waals surface area contributed by atoms with Gasteiger partial charge < -0.3 is 13.9 Å². The van der Waals surface area contributed by atoms with Gasteiger partial charge in [-0.05, 0) is 54.1 Å². The minimum atomic E-state index is -0.640. The SMILES string of the molecule is COc1cc(C=NNC(=O)c2cccc(Cl)c2)ccc1OC(=O)c1ccco1. The summed E-state index contributed by atoms with van der Waals surface area (Å²) in [5.41, 5.74) is 3.43. The Morgan fingerprint density at radius 2 is 1.96 bits per heavy atom. The Balaban J connectivity index is 1.67. The van der Waals surface area contributed by atoms with Crippen LogP contribution >= 0.6 is 11.6 Å². The van der Waals surface area contributed by atoms with E-state index in [1.54, 1.807) is 42.5 Å². The first-order valence-electron chi connectivity index (χ1n) is 8.09. The van der Waals surface area contributed by atoms with Crippen LogP contribution in [0.15, 0.2) is 70.4 Å². The van der Waals surface area contributed by atoms with Gasteiger partial charge in [-0.15, -0.1) is 0 Å². The number of hydrazone groups is 1. The lowest BCUT2D eigenvalue weighted by molar-refractivity contribution is 0.0696. The number of carbonyl (C=O) groups is 2. The van der Waals surface area contributed by atoms with E-state index in [2.05, 4.69) is 10.5 Å². The first-order chi connectivity index (χ1) is 13.6. The second kappa shape index (κ2) is 8.88. The van der Waals surface area contributed by atoms with Gasteiger partial charge in [-0.2, -0.15) is 5.10 Å². The molecule has 1 heterocycles. The van der Waals surface area contributed by atoms with Crippen LogP contribution in [0.1, 0.15) is 26.5 Å². The first-order valence-corrected chi connectivity index (χ1v) is 8.47. The number of ether oxygens (including phenoxy) is 2. The van der Waals surface area contributed by atoms with Gasteiger partial charge in [0.1, 0.15) is 0 Å². The molecule has 1 aromatic heterocycles. The summed E-state index contributed by atoms with van der Waals surface area (Å²) in [7, 11) is 1.45. The summed E-state index contributed by atoms with van der Waals surface area (Å²) in [6, 6.07) is 14.4. The maximum Gasteiger partial charge on any atom is 0.379 e. The minimum Gasteiger partial charge on any atom is -0.493 e. The summed E-state index contributed by atoms with van der Waals surface area (Å²) >= 11 is 5.86. The van der Waals surface area contributed by atoms with Crippen LogP contribution in [-0.2, 0) is 0 Å². The molecule has 8 heteroatoms. The topological polar surface area (TPSA) is 90.1 Å². The third kappa shape index (κ3) is 4.77. The highest BCUT2D eigenvalue weighted by Crippen LogP contribution is 2.28. The van der Waals surface area contributed by atoms with E-state index in [9.17, 15) is 9.59 Å². The molecule has 0 atom stereocenters. The molecule has 3 aromatic rings. The predicted molar refractivity (Wildman–Crippen MR) is 103 cm³/mol. The molecular weight excluding hydrogens is 384 g/mol. The Morgan fingerprint density at radius 3 is 2.68 bits per heavy atom. The fourth-order valence-corrected chi connectivity index (χ4v) is 2.44. The van der Waals surface area contributed by atoms with E-state index in [1.165, 1.54) is 31.7 Å². The van der Waals surface area contributed by atoms with Gasteiger partial charge in [-0.1, -0.05) is 17.7 Å². The number of nitrogens with one attached hydrogen (secondary N) is 1. The number of hydrogen-bond acceptors (Lipinski definition) is 6. The number of furan rings is 1.